The second kappa shape index (κ2) is 16.0. The van der Waals surface area contributed by atoms with E-state index in [1.54, 1.807) is 29.2 Å². The van der Waals surface area contributed by atoms with E-state index in [4.69, 9.17) is 9.47 Å². The lowest BCUT2D eigenvalue weighted by Crippen LogP contribution is -2.53. The summed E-state index contributed by atoms with van der Waals surface area (Å²) in [5, 5.41) is 24.9. The van der Waals surface area contributed by atoms with E-state index in [-0.39, 0.29) is 29.8 Å². The smallest absolute Gasteiger partial charge is 0.414 e. The van der Waals surface area contributed by atoms with Crippen LogP contribution in [-0.2, 0) is 24.3 Å². The molecule has 4 heterocycles. The summed E-state index contributed by atoms with van der Waals surface area (Å²) in [6, 6.07) is 27.8. The summed E-state index contributed by atoms with van der Waals surface area (Å²) in [4.78, 5) is 31.9. The lowest BCUT2D eigenvalue weighted by atomic mass is 9.86. The Labute approximate surface area is 301 Å². The molecule has 0 radical (unpaired) electrons. The summed E-state index contributed by atoms with van der Waals surface area (Å²) in [5.41, 5.74) is 3.93. The van der Waals surface area contributed by atoms with Gasteiger partial charge in [0, 0.05) is 30.6 Å². The second-order valence-corrected chi connectivity index (χ2v) is 13.6. The van der Waals surface area contributed by atoms with Gasteiger partial charge in [0.25, 0.3) is 0 Å². The Balaban J connectivity index is 0.960. The van der Waals surface area contributed by atoms with Gasteiger partial charge >= 0.3 is 6.09 Å². The quantitative estimate of drug-likeness (QED) is 0.109. The molecule has 3 saturated heterocycles. The van der Waals surface area contributed by atoms with Crippen molar-refractivity contribution < 1.29 is 28.9 Å². The van der Waals surface area contributed by atoms with Crippen LogP contribution >= 0.6 is 0 Å². The first-order valence-corrected chi connectivity index (χ1v) is 17.8. The van der Waals surface area contributed by atoms with E-state index < -0.39 is 12.2 Å². The zero-order valence-electron chi connectivity index (χ0n) is 28.8. The predicted molar refractivity (Wildman–Crippen MR) is 197 cm³/mol. The van der Waals surface area contributed by atoms with Crippen molar-refractivity contribution in [3.05, 3.63) is 135 Å². The van der Waals surface area contributed by atoms with Crippen LogP contribution in [0.1, 0.15) is 41.2 Å². The van der Waals surface area contributed by atoms with Gasteiger partial charge in [-0.2, -0.15) is 0 Å². The molecule has 11 heteroatoms. The zero-order valence-corrected chi connectivity index (χ0v) is 28.8. The number of nitrogens with one attached hydrogen (secondary N) is 2. The number of aromatic nitrogens is 1. The first-order valence-electron chi connectivity index (χ1n) is 17.8. The number of hydrogen-bond donors (Lipinski definition) is 4. The number of aromatic amines is 1. The largest absolute Gasteiger partial charge is 0.506 e. The minimum absolute atomic E-state index is 0.0458. The third-order valence-electron chi connectivity index (χ3n) is 10.0. The number of ether oxygens (including phenoxy) is 2. The van der Waals surface area contributed by atoms with E-state index in [0.717, 1.165) is 50.0 Å². The van der Waals surface area contributed by atoms with E-state index in [9.17, 15) is 24.2 Å². The fourth-order valence-electron chi connectivity index (χ4n) is 7.23. The van der Waals surface area contributed by atoms with E-state index in [1.807, 2.05) is 42.5 Å². The topological polar surface area (TPSA) is 127 Å². The van der Waals surface area contributed by atoms with E-state index in [1.165, 1.54) is 24.3 Å². The number of carbonyl (C=O) groups is 1. The van der Waals surface area contributed by atoms with Crippen molar-refractivity contribution in [3.8, 4) is 11.5 Å². The van der Waals surface area contributed by atoms with Crippen molar-refractivity contribution in [2.24, 2.45) is 5.92 Å². The van der Waals surface area contributed by atoms with Gasteiger partial charge < -0.3 is 30.0 Å². The number of phenols is 1. The molecule has 8 rings (SSSR count). The molecule has 0 spiro atoms. The van der Waals surface area contributed by atoms with Gasteiger partial charge in [0.15, 0.2) is 0 Å². The number of hydrogen-bond acceptors (Lipinski definition) is 8. The maximum Gasteiger partial charge on any atom is 0.414 e. The molecule has 2 atom stereocenters. The monoisotopic (exact) mass is 706 g/mol. The first-order chi connectivity index (χ1) is 25.3. The minimum Gasteiger partial charge on any atom is -0.506 e. The highest BCUT2D eigenvalue weighted by Crippen LogP contribution is 2.32. The van der Waals surface area contributed by atoms with Crippen molar-refractivity contribution >= 4 is 22.7 Å². The number of benzene rings is 4. The van der Waals surface area contributed by atoms with Crippen LogP contribution in [0.2, 0.25) is 0 Å². The Bertz CT molecular complexity index is 2080. The summed E-state index contributed by atoms with van der Waals surface area (Å²) in [6.07, 6.45) is 1.31. The third kappa shape index (κ3) is 8.45. The number of aliphatic hydroxyl groups is 1. The maximum atomic E-state index is 14.1. The van der Waals surface area contributed by atoms with Crippen LogP contribution < -0.4 is 20.5 Å². The number of piperidine rings is 3. The number of phenolic OH excluding ortho intramolecular Hbond substituents is 1. The molecule has 4 aromatic carbocycles. The standard InChI is InChI=1S/C41H43FN4O6/c42-31-7-2-5-28(21-31)24-46(41(50)52-38-25-45-18-15-30(38)16-19-45)32-8-3-9-33(22-32)51-26-29-6-1-4-27(20-29)14-17-43-23-37(48)34-10-12-36(47)40-35(34)11-13-39(49)44-40/h1-13,20-22,30,37-38,43,47-48H,14-19,23-26H2,(H,44,49)/t37-,38-/m0/s1. The molecule has 52 heavy (non-hydrogen) atoms. The molecule has 1 amide bonds. The maximum absolute atomic E-state index is 14.1. The number of aromatic hydroxyl groups is 1. The van der Waals surface area contributed by atoms with Gasteiger partial charge in [0.05, 0.1) is 23.9 Å². The molecular weight excluding hydrogens is 663 g/mol. The van der Waals surface area contributed by atoms with Gasteiger partial charge in [-0.15, -0.1) is 0 Å². The number of H-pyrrole nitrogens is 1. The van der Waals surface area contributed by atoms with Crippen molar-refractivity contribution in [1.29, 1.82) is 0 Å². The highest BCUT2D eigenvalue weighted by atomic mass is 19.1. The highest BCUT2D eigenvalue weighted by Gasteiger charge is 2.37. The fourth-order valence-corrected chi connectivity index (χ4v) is 7.23. The van der Waals surface area contributed by atoms with Gasteiger partial charge in [-0.3, -0.25) is 14.6 Å². The fraction of sp³-hybridized carbons (Fsp3) is 0.317. The van der Waals surface area contributed by atoms with Crippen molar-refractivity contribution in [3.63, 3.8) is 0 Å². The normalized spacial score (nSPS) is 18.6. The van der Waals surface area contributed by atoms with Crippen LogP contribution in [-0.4, -0.2) is 65.0 Å². The average molecular weight is 707 g/mol. The van der Waals surface area contributed by atoms with Crippen molar-refractivity contribution in [1.82, 2.24) is 15.2 Å². The lowest BCUT2D eigenvalue weighted by molar-refractivity contribution is -0.0311. The summed E-state index contributed by atoms with van der Waals surface area (Å²) < 4.78 is 26.4. The molecule has 3 aliphatic heterocycles. The number of amides is 1. The Hall–Kier alpha value is -5.23. The number of carbonyl (C=O) groups excluding carboxylic acids is 1. The van der Waals surface area contributed by atoms with Crippen LogP contribution in [0.4, 0.5) is 14.9 Å². The number of fused-ring (bicyclic) bond motifs is 4. The van der Waals surface area contributed by atoms with Crippen LogP contribution in [0.25, 0.3) is 10.9 Å². The molecular formula is C41H43FN4O6. The predicted octanol–water partition coefficient (Wildman–Crippen LogP) is 6.05. The molecule has 270 valence electrons. The first kappa shape index (κ1) is 35.2. The number of aliphatic hydroxyl groups excluding tert-OH is 1. The molecule has 0 aliphatic carbocycles. The Morgan fingerprint density at radius 2 is 1.75 bits per heavy atom. The Morgan fingerprint density at radius 1 is 0.962 bits per heavy atom. The Kier molecular flexibility index (Phi) is 10.8. The van der Waals surface area contributed by atoms with E-state index in [2.05, 4.69) is 21.3 Å². The molecule has 5 aromatic rings. The molecule has 0 saturated carbocycles. The molecule has 3 fully saturated rings. The van der Waals surface area contributed by atoms with Gasteiger partial charge in [0.2, 0.25) is 5.56 Å². The highest BCUT2D eigenvalue weighted by molar-refractivity contribution is 5.88. The van der Waals surface area contributed by atoms with Crippen LogP contribution in [0.3, 0.4) is 0 Å². The molecule has 1 aromatic heterocycles. The molecule has 3 aliphatic rings. The van der Waals surface area contributed by atoms with E-state index >= 15 is 0 Å². The van der Waals surface area contributed by atoms with Crippen molar-refractivity contribution in [2.75, 3.05) is 37.6 Å². The van der Waals surface area contributed by atoms with Gasteiger partial charge in [-0.05, 0) is 103 Å². The van der Waals surface area contributed by atoms with Crippen LogP contribution in [0.15, 0.2) is 102 Å². The van der Waals surface area contributed by atoms with Gasteiger partial charge in [-0.25, -0.2) is 9.18 Å². The second-order valence-electron chi connectivity index (χ2n) is 13.6. The van der Waals surface area contributed by atoms with Crippen LogP contribution in [0.5, 0.6) is 11.5 Å². The number of nitrogens with zero attached hydrogens (tertiary/aromatic N) is 2. The number of halogens is 1. The Morgan fingerprint density at radius 3 is 2.56 bits per heavy atom. The molecule has 10 nitrogen and oxygen atoms in total. The minimum atomic E-state index is -0.837. The SMILES string of the molecule is O=C(O[C@H]1CN2CCC1CC2)N(Cc1cccc(F)c1)c1cccc(OCc2cccc(CCNC[C@H](O)c3ccc(O)c4[nH]c(=O)ccc34)c2)c1. The van der Waals surface area contributed by atoms with E-state index in [0.29, 0.717) is 59.1 Å². The number of pyridine rings is 1. The molecule has 2 bridgehead atoms. The number of anilines is 1. The van der Waals surface area contributed by atoms with Crippen LogP contribution in [0, 0.1) is 11.7 Å². The summed E-state index contributed by atoms with van der Waals surface area (Å²) >= 11 is 0. The number of rotatable bonds is 13. The third-order valence-corrected chi connectivity index (χ3v) is 10.0. The average Bonchev–Trinajstić information content (AvgIpc) is 3.16. The van der Waals surface area contributed by atoms with Crippen molar-refractivity contribution in [2.45, 2.75) is 44.6 Å². The lowest BCUT2D eigenvalue weighted by Gasteiger charge is -2.44. The van der Waals surface area contributed by atoms with Gasteiger partial charge in [0.1, 0.15) is 30.0 Å². The summed E-state index contributed by atoms with van der Waals surface area (Å²) in [5.74, 6) is 0.538. The van der Waals surface area contributed by atoms with Gasteiger partial charge in [-0.1, -0.05) is 48.5 Å². The molecule has 0 unspecified atom stereocenters. The summed E-state index contributed by atoms with van der Waals surface area (Å²) in [7, 11) is 0. The zero-order chi connectivity index (χ0) is 36.0. The summed E-state index contributed by atoms with van der Waals surface area (Å²) in [6.45, 7) is 4.20. The molecule has 4 N–H and O–H groups in total.